The number of rotatable bonds is 0. The van der Waals surface area contributed by atoms with Gasteiger partial charge in [-0.1, -0.05) is 0 Å². The normalized spacial score (nSPS) is 7.29. The first kappa shape index (κ1) is 9.60. The van der Waals surface area contributed by atoms with Crippen LogP contribution in [0, 0.1) is 5.41 Å². The van der Waals surface area contributed by atoms with Crippen LogP contribution >= 0.6 is 0 Å². The van der Waals surface area contributed by atoms with Gasteiger partial charge < -0.3 is 10.4 Å². The van der Waals surface area contributed by atoms with Gasteiger partial charge in [-0.2, -0.15) is 0 Å². The van der Waals surface area contributed by atoms with Crippen LogP contribution in [0.1, 0.15) is 13.8 Å². The molecule has 0 heterocycles. The van der Waals surface area contributed by atoms with E-state index in [2.05, 4.69) is 4.99 Å². The Balaban J connectivity index is 0. The lowest BCUT2D eigenvalue weighted by Gasteiger charge is -1.53. The second kappa shape index (κ2) is 18.4. The molecule has 0 rings (SSSR count). The molecule has 0 bridgehead atoms. The van der Waals surface area contributed by atoms with E-state index in [9.17, 15) is 0 Å². The maximum absolute atomic E-state index is 6.08. The Hall–Kier alpha value is -0.660. The van der Waals surface area contributed by atoms with Gasteiger partial charge in [0.1, 0.15) is 0 Å². The Morgan fingerprint density at radius 2 is 1.57 bits per heavy atom. The minimum Gasteiger partial charge on any atom is -0.313 e. The summed E-state index contributed by atoms with van der Waals surface area (Å²) < 4.78 is 0. The molecule has 0 saturated carbocycles. The zero-order valence-corrected chi connectivity index (χ0v) is 5.10. The van der Waals surface area contributed by atoms with Gasteiger partial charge in [0.25, 0.3) is 0 Å². The molecular weight excluding hydrogens is 88.1 g/mol. The first-order chi connectivity index (χ1) is 3.33. The molecule has 2 heteroatoms. The number of hydrogen-bond donors (Lipinski definition) is 1. The Labute approximate surface area is 44.8 Å². The molecule has 0 fully saturated rings. The fourth-order valence-electron chi connectivity index (χ4n) is 0. The second-order valence-corrected chi connectivity index (χ2v) is 0.805. The van der Waals surface area contributed by atoms with Crippen molar-refractivity contribution in [3.8, 4) is 0 Å². The van der Waals surface area contributed by atoms with E-state index in [0.717, 1.165) is 0 Å². The number of nitrogens with one attached hydrogen (secondary N) is 1. The minimum absolute atomic E-state index is 1.25. The second-order valence-electron chi connectivity index (χ2n) is 0.805. The fraction of sp³-hybridized carbons (Fsp3) is 0.600. The standard InChI is InChI=1S/C3H7N.C2H5N/c1-3-4-2;1-2-3/h3H,1-2H3;2-3H,1H3. The van der Waals surface area contributed by atoms with E-state index in [-0.39, 0.29) is 0 Å². The summed E-state index contributed by atoms with van der Waals surface area (Å²) in [6.45, 7) is 3.56. The van der Waals surface area contributed by atoms with Crippen LogP contribution in [-0.4, -0.2) is 19.5 Å². The summed E-state index contributed by atoms with van der Waals surface area (Å²) in [5.74, 6) is 0. The summed E-state index contributed by atoms with van der Waals surface area (Å²) in [7, 11) is 1.75. The molecule has 0 unspecified atom stereocenters. The molecule has 0 aliphatic heterocycles. The lowest BCUT2D eigenvalue weighted by Crippen LogP contribution is -1.47. The third kappa shape index (κ3) is 515. The Morgan fingerprint density at radius 1 is 1.43 bits per heavy atom. The van der Waals surface area contributed by atoms with Crippen LogP contribution in [0.5, 0.6) is 0 Å². The molecule has 0 amide bonds. The third-order valence-electron chi connectivity index (χ3n) is 0.258. The molecular formula is C5H12N2. The topological polar surface area (TPSA) is 36.2 Å². The molecule has 0 aromatic rings. The van der Waals surface area contributed by atoms with Gasteiger partial charge in [-0.25, -0.2) is 0 Å². The Kier molecular flexibility index (Phi) is 25.2. The van der Waals surface area contributed by atoms with Gasteiger partial charge >= 0.3 is 0 Å². The molecule has 0 spiro atoms. The van der Waals surface area contributed by atoms with Crippen molar-refractivity contribution in [2.75, 3.05) is 7.05 Å². The number of nitrogens with zero attached hydrogens (tertiary/aromatic N) is 1. The van der Waals surface area contributed by atoms with E-state index >= 15 is 0 Å². The van der Waals surface area contributed by atoms with Crippen molar-refractivity contribution in [2.24, 2.45) is 4.99 Å². The van der Waals surface area contributed by atoms with Gasteiger partial charge in [-0.05, 0) is 26.3 Å². The third-order valence-corrected chi connectivity index (χ3v) is 0.258. The molecule has 0 radical (unpaired) electrons. The lowest BCUT2D eigenvalue weighted by molar-refractivity contribution is 1.46. The Morgan fingerprint density at radius 3 is 1.57 bits per heavy atom. The van der Waals surface area contributed by atoms with E-state index in [1.54, 1.807) is 20.2 Å². The van der Waals surface area contributed by atoms with Gasteiger partial charge in [0.2, 0.25) is 0 Å². The molecule has 42 valence electrons. The highest BCUT2D eigenvalue weighted by Gasteiger charge is 1.32. The predicted octanol–water partition coefficient (Wildman–Crippen LogP) is 1.36. The van der Waals surface area contributed by atoms with Gasteiger partial charge in [-0.3, -0.25) is 0 Å². The van der Waals surface area contributed by atoms with E-state index in [0.29, 0.717) is 0 Å². The smallest absolute Gasteiger partial charge is 0.0273 e. The van der Waals surface area contributed by atoms with Crippen molar-refractivity contribution >= 4 is 12.4 Å². The van der Waals surface area contributed by atoms with Crippen LogP contribution < -0.4 is 0 Å². The van der Waals surface area contributed by atoms with E-state index in [1.807, 2.05) is 6.92 Å². The molecule has 0 aromatic heterocycles. The first-order valence-corrected chi connectivity index (χ1v) is 2.15. The highest BCUT2D eigenvalue weighted by molar-refractivity contribution is 5.52. The molecule has 0 aliphatic rings. The molecule has 0 aromatic carbocycles. The molecule has 2 nitrogen and oxygen atoms in total. The zero-order chi connectivity index (χ0) is 6.12. The summed E-state index contributed by atoms with van der Waals surface area (Å²) in [4.78, 5) is 3.61. The average molecular weight is 100 g/mol. The van der Waals surface area contributed by atoms with E-state index < -0.39 is 0 Å². The summed E-state index contributed by atoms with van der Waals surface area (Å²) in [5, 5.41) is 6.08. The van der Waals surface area contributed by atoms with Crippen LogP contribution in [0.4, 0.5) is 0 Å². The van der Waals surface area contributed by atoms with Crippen molar-refractivity contribution in [3.05, 3.63) is 0 Å². The quantitative estimate of drug-likeness (QED) is 0.446. The summed E-state index contributed by atoms with van der Waals surface area (Å²) in [6.07, 6.45) is 3.00. The van der Waals surface area contributed by atoms with Crippen LogP contribution in [-0.2, 0) is 0 Å². The highest BCUT2D eigenvalue weighted by Crippen LogP contribution is 1.39. The average Bonchev–Trinajstić information content (AvgIpc) is 1.69. The summed E-state index contributed by atoms with van der Waals surface area (Å²) >= 11 is 0. The lowest BCUT2D eigenvalue weighted by atomic mass is 10.9. The molecule has 7 heavy (non-hydrogen) atoms. The van der Waals surface area contributed by atoms with Crippen molar-refractivity contribution < 1.29 is 0 Å². The van der Waals surface area contributed by atoms with Gasteiger partial charge in [0.15, 0.2) is 0 Å². The maximum atomic E-state index is 6.08. The monoisotopic (exact) mass is 100 g/mol. The fourth-order valence-corrected chi connectivity index (χ4v) is 0. The van der Waals surface area contributed by atoms with Crippen molar-refractivity contribution in [2.45, 2.75) is 13.8 Å². The zero-order valence-electron chi connectivity index (χ0n) is 5.10. The summed E-state index contributed by atoms with van der Waals surface area (Å²) in [5.41, 5.74) is 0. The van der Waals surface area contributed by atoms with Gasteiger partial charge in [-0.15, -0.1) is 0 Å². The van der Waals surface area contributed by atoms with Crippen LogP contribution in [0.2, 0.25) is 0 Å². The predicted molar refractivity (Wildman–Crippen MR) is 34.5 cm³/mol. The maximum Gasteiger partial charge on any atom is 0.0273 e. The highest BCUT2D eigenvalue weighted by atomic mass is 14.6. The SMILES string of the molecule is CC=N.CC=NC. The van der Waals surface area contributed by atoms with Gasteiger partial charge in [0.05, 0.1) is 0 Å². The molecule has 0 saturated heterocycles. The Bertz CT molecular complexity index is 44.0. The van der Waals surface area contributed by atoms with Crippen LogP contribution in [0.25, 0.3) is 0 Å². The van der Waals surface area contributed by atoms with Crippen molar-refractivity contribution in [1.82, 2.24) is 0 Å². The molecule has 0 atom stereocenters. The van der Waals surface area contributed by atoms with Crippen molar-refractivity contribution in [1.29, 1.82) is 5.41 Å². The van der Waals surface area contributed by atoms with Gasteiger partial charge in [0, 0.05) is 7.05 Å². The summed E-state index contributed by atoms with van der Waals surface area (Å²) in [6, 6.07) is 0. The first-order valence-electron chi connectivity index (χ1n) is 2.15. The molecule has 1 N–H and O–H groups in total. The van der Waals surface area contributed by atoms with Crippen LogP contribution in [0.15, 0.2) is 4.99 Å². The van der Waals surface area contributed by atoms with Crippen molar-refractivity contribution in [3.63, 3.8) is 0 Å². The largest absolute Gasteiger partial charge is 0.313 e. The minimum atomic E-state index is 1.25. The van der Waals surface area contributed by atoms with E-state index in [4.69, 9.17) is 5.41 Å². The van der Waals surface area contributed by atoms with E-state index in [1.165, 1.54) is 6.21 Å². The van der Waals surface area contributed by atoms with Crippen LogP contribution in [0.3, 0.4) is 0 Å². The molecule has 0 aliphatic carbocycles. The number of aliphatic imine (C=N–C) groups is 1. The number of hydrogen-bond acceptors (Lipinski definition) is 2.